The lowest BCUT2D eigenvalue weighted by Gasteiger charge is -2.31. The van der Waals surface area contributed by atoms with Crippen LogP contribution in [0.25, 0.3) is 0 Å². The Balaban J connectivity index is 1.98. The summed E-state index contributed by atoms with van der Waals surface area (Å²) in [5.74, 6) is 0.471. The van der Waals surface area contributed by atoms with Gasteiger partial charge in [-0.25, -0.2) is 0 Å². The van der Waals surface area contributed by atoms with Crippen LogP contribution in [0.2, 0.25) is 0 Å². The van der Waals surface area contributed by atoms with Gasteiger partial charge in [0.2, 0.25) is 5.91 Å². The number of carbonyl (C=O) groups excluding carboxylic acids is 1. The fraction of sp³-hybridized carbons (Fsp3) is 0.846. The fourth-order valence-electron chi connectivity index (χ4n) is 2.84. The van der Waals surface area contributed by atoms with Gasteiger partial charge in [0.15, 0.2) is 0 Å². The molecule has 2 fully saturated rings. The van der Waals surface area contributed by atoms with E-state index >= 15 is 0 Å². The van der Waals surface area contributed by atoms with Gasteiger partial charge in [0.05, 0.1) is 0 Å². The Kier molecular flexibility index (Phi) is 3.78. The third-order valence-corrected chi connectivity index (χ3v) is 4.21. The molecule has 0 aliphatic heterocycles. The third kappa shape index (κ3) is 2.76. The van der Waals surface area contributed by atoms with Gasteiger partial charge in [-0.3, -0.25) is 4.79 Å². The van der Waals surface area contributed by atoms with Crippen LogP contribution >= 0.6 is 0 Å². The molecule has 0 bridgehead atoms. The standard InChI is InChI=1S/C13H23N3O2/c1-13(7-2-3-8-13)12(17)16(10-4-5-10)9-6-11(14)15-18/h10,18H,2-9H2,1H3,(H2,14,15). The van der Waals surface area contributed by atoms with E-state index in [2.05, 4.69) is 12.1 Å². The zero-order valence-electron chi connectivity index (χ0n) is 11.1. The second-order valence-electron chi connectivity index (χ2n) is 5.84. The molecule has 18 heavy (non-hydrogen) atoms. The lowest BCUT2D eigenvalue weighted by molar-refractivity contribution is -0.141. The molecule has 0 saturated heterocycles. The number of nitrogens with zero attached hydrogens (tertiary/aromatic N) is 2. The summed E-state index contributed by atoms with van der Waals surface area (Å²) in [4.78, 5) is 14.6. The van der Waals surface area contributed by atoms with E-state index in [-0.39, 0.29) is 17.2 Å². The normalized spacial score (nSPS) is 23.1. The van der Waals surface area contributed by atoms with E-state index in [1.807, 2.05) is 4.90 Å². The summed E-state index contributed by atoms with van der Waals surface area (Å²) in [6.07, 6.45) is 6.95. The second-order valence-corrected chi connectivity index (χ2v) is 5.84. The van der Waals surface area contributed by atoms with Gasteiger partial charge in [-0.05, 0) is 25.7 Å². The maximum atomic E-state index is 12.6. The van der Waals surface area contributed by atoms with Crippen LogP contribution < -0.4 is 5.73 Å². The summed E-state index contributed by atoms with van der Waals surface area (Å²) in [7, 11) is 0. The highest BCUT2D eigenvalue weighted by molar-refractivity contribution is 5.84. The van der Waals surface area contributed by atoms with Crippen LogP contribution in [-0.4, -0.2) is 34.4 Å². The van der Waals surface area contributed by atoms with Gasteiger partial charge in [0, 0.05) is 24.4 Å². The van der Waals surface area contributed by atoms with Crippen molar-refractivity contribution < 1.29 is 10.0 Å². The molecular formula is C13H23N3O2. The van der Waals surface area contributed by atoms with Gasteiger partial charge < -0.3 is 15.8 Å². The van der Waals surface area contributed by atoms with Crippen molar-refractivity contribution in [1.82, 2.24) is 4.90 Å². The van der Waals surface area contributed by atoms with E-state index in [0.717, 1.165) is 38.5 Å². The maximum Gasteiger partial charge on any atom is 0.228 e. The van der Waals surface area contributed by atoms with Gasteiger partial charge in [-0.1, -0.05) is 24.9 Å². The first-order valence-corrected chi connectivity index (χ1v) is 6.84. The molecule has 2 saturated carbocycles. The number of oxime groups is 1. The molecule has 1 amide bonds. The summed E-state index contributed by atoms with van der Waals surface area (Å²) in [5.41, 5.74) is 5.32. The number of hydrogen-bond donors (Lipinski definition) is 2. The molecule has 5 heteroatoms. The molecule has 0 unspecified atom stereocenters. The largest absolute Gasteiger partial charge is 0.409 e. The summed E-state index contributed by atoms with van der Waals surface area (Å²) < 4.78 is 0. The highest BCUT2D eigenvalue weighted by Crippen LogP contribution is 2.41. The van der Waals surface area contributed by atoms with Gasteiger partial charge >= 0.3 is 0 Å². The van der Waals surface area contributed by atoms with E-state index in [1.165, 1.54) is 0 Å². The summed E-state index contributed by atoms with van der Waals surface area (Å²) in [6, 6.07) is 0.390. The van der Waals surface area contributed by atoms with Crippen LogP contribution in [0.15, 0.2) is 5.16 Å². The molecule has 0 aromatic carbocycles. The molecule has 0 aromatic rings. The van der Waals surface area contributed by atoms with Gasteiger partial charge in [-0.2, -0.15) is 0 Å². The van der Waals surface area contributed by atoms with Gasteiger partial charge in [0.1, 0.15) is 5.84 Å². The average molecular weight is 253 g/mol. The van der Waals surface area contributed by atoms with Crippen molar-refractivity contribution in [3.63, 3.8) is 0 Å². The van der Waals surface area contributed by atoms with Crippen molar-refractivity contribution in [2.24, 2.45) is 16.3 Å². The molecule has 0 radical (unpaired) electrons. The van der Waals surface area contributed by atoms with Crippen LogP contribution in [0.3, 0.4) is 0 Å². The molecule has 0 aromatic heterocycles. The fourth-order valence-corrected chi connectivity index (χ4v) is 2.84. The Labute approximate surface area is 108 Å². The molecule has 5 nitrogen and oxygen atoms in total. The van der Waals surface area contributed by atoms with E-state index in [0.29, 0.717) is 19.0 Å². The summed E-state index contributed by atoms with van der Waals surface area (Å²) in [5, 5.41) is 11.5. The molecule has 3 N–H and O–H groups in total. The van der Waals surface area contributed by atoms with Crippen molar-refractivity contribution in [2.75, 3.05) is 6.54 Å². The van der Waals surface area contributed by atoms with Crippen molar-refractivity contribution in [3.05, 3.63) is 0 Å². The lowest BCUT2D eigenvalue weighted by atomic mass is 9.87. The van der Waals surface area contributed by atoms with Crippen LogP contribution in [0.5, 0.6) is 0 Å². The number of rotatable bonds is 5. The monoisotopic (exact) mass is 253 g/mol. The highest BCUT2D eigenvalue weighted by Gasteiger charge is 2.43. The van der Waals surface area contributed by atoms with E-state index in [1.54, 1.807) is 0 Å². The molecule has 2 aliphatic carbocycles. The number of amidine groups is 1. The molecule has 2 rings (SSSR count). The van der Waals surface area contributed by atoms with Crippen molar-refractivity contribution >= 4 is 11.7 Å². The lowest BCUT2D eigenvalue weighted by Crippen LogP contribution is -2.43. The van der Waals surface area contributed by atoms with Crippen LogP contribution in [-0.2, 0) is 4.79 Å². The minimum atomic E-state index is -0.173. The SMILES string of the molecule is CC1(C(=O)N(CCC(N)=NO)C2CC2)CCCC1. The minimum Gasteiger partial charge on any atom is -0.409 e. The number of hydrogen-bond acceptors (Lipinski definition) is 3. The number of amides is 1. The quantitative estimate of drug-likeness (QED) is 0.339. The predicted molar refractivity (Wildman–Crippen MR) is 69.3 cm³/mol. The Morgan fingerprint density at radius 2 is 2.06 bits per heavy atom. The molecule has 0 atom stereocenters. The van der Waals surface area contributed by atoms with Crippen molar-refractivity contribution in [2.45, 2.75) is 57.9 Å². The Morgan fingerprint density at radius 1 is 1.44 bits per heavy atom. The summed E-state index contributed by atoms with van der Waals surface area (Å²) >= 11 is 0. The number of carbonyl (C=O) groups is 1. The molecule has 0 heterocycles. The maximum absolute atomic E-state index is 12.6. The zero-order chi connectivity index (χ0) is 13.2. The minimum absolute atomic E-state index is 0.173. The molecule has 2 aliphatic rings. The Morgan fingerprint density at radius 3 is 2.56 bits per heavy atom. The first-order chi connectivity index (χ1) is 8.57. The van der Waals surface area contributed by atoms with Gasteiger partial charge in [0.25, 0.3) is 0 Å². The third-order valence-electron chi connectivity index (χ3n) is 4.21. The van der Waals surface area contributed by atoms with E-state index in [9.17, 15) is 4.79 Å². The van der Waals surface area contributed by atoms with Crippen LogP contribution in [0.1, 0.15) is 51.9 Å². The topological polar surface area (TPSA) is 78.9 Å². The van der Waals surface area contributed by atoms with Crippen LogP contribution in [0.4, 0.5) is 0 Å². The predicted octanol–water partition coefficient (Wildman–Crippen LogP) is 1.69. The first kappa shape index (κ1) is 13.2. The second kappa shape index (κ2) is 5.16. The Bertz CT molecular complexity index is 344. The van der Waals surface area contributed by atoms with Crippen molar-refractivity contribution in [3.8, 4) is 0 Å². The van der Waals surface area contributed by atoms with E-state index < -0.39 is 0 Å². The zero-order valence-corrected chi connectivity index (χ0v) is 11.1. The molecule has 102 valence electrons. The molecule has 0 spiro atoms. The van der Waals surface area contributed by atoms with Crippen molar-refractivity contribution in [1.29, 1.82) is 0 Å². The van der Waals surface area contributed by atoms with Crippen LogP contribution in [0, 0.1) is 5.41 Å². The van der Waals surface area contributed by atoms with Gasteiger partial charge in [-0.15, -0.1) is 0 Å². The summed E-state index contributed by atoms with van der Waals surface area (Å²) in [6.45, 7) is 2.66. The average Bonchev–Trinajstić information content (AvgIpc) is 3.10. The number of nitrogens with two attached hydrogens (primary N) is 1. The first-order valence-electron chi connectivity index (χ1n) is 6.84. The smallest absolute Gasteiger partial charge is 0.228 e. The van der Waals surface area contributed by atoms with E-state index in [4.69, 9.17) is 10.9 Å². The highest BCUT2D eigenvalue weighted by atomic mass is 16.4. The molecular weight excluding hydrogens is 230 g/mol. The Hall–Kier alpha value is -1.26.